The maximum atomic E-state index is 13.1. The Labute approximate surface area is 233 Å². The second kappa shape index (κ2) is 9.79. The first-order valence-electron chi connectivity index (χ1n) is 13.7. The Kier molecular flexibility index (Phi) is 6.51. The lowest BCUT2D eigenvalue weighted by Gasteiger charge is -2.35. The number of nitrogens with zero attached hydrogens (tertiary/aromatic N) is 6. The van der Waals surface area contributed by atoms with Crippen LogP contribution in [0.25, 0.3) is 0 Å². The van der Waals surface area contributed by atoms with Gasteiger partial charge in [-0.2, -0.15) is 0 Å². The van der Waals surface area contributed by atoms with Crippen LogP contribution in [0.4, 0.5) is 5.82 Å². The first kappa shape index (κ1) is 26.6. The quantitative estimate of drug-likeness (QED) is 0.201. The zero-order valence-corrected chi connectivity index (χ0v) is 23.3. The summed E-state index contributed by atoms with van der Waals surface area (Å²) in [6.07, 6.45) is 2.48. The number of aromatic nitrogens is 4. The zero-order valence-electron chi connectivity index (χ0n) is 23.3. The van der Waals surface area contributed by atoms with E-state index in [0.29, 0.717) is 29.1 Å². The molecule has 12 heteroatoms. The molecule has 0 radical (unpaired) electrons. The van der Waals surface area contributed by atoms with E-state index in [9.17, 15) is 14.8 Å². The smallest absolute Gasteiger partial charge is 0.496 e. The topological polar surface area (TPSA) is 117 Å². The molecule has 0 N–H and O–H groups in total. The standard InChI is InChI=1S/C28H33BN6O5/c1-27(2)28(3,4)40-29(39-27)19-10-11-22(30-18-19)33-16-14-32(15-17-33)12-7-13-34-24-23(31-35(34)38)25(36)20-8-5-6-9-21(20)26(24)37/h5-6,8-11,18H,7,12-17H2,1-4H3. The van der Waals surface area contributed by atoms with Crippen LogP contribution >= 0.6 is 0 Å². The summed E-state index contributed by atoms with van der Waals surface area (Å²) in [4.78, 5) is 35.5. The minimum atomic E-state index is -0.430. The van der Waals surface area contributed by atoms with E-state index >= 15 is 0 Å². The van der Waals surface area contributed by atoms with Crippen LogP contribution in [0, 0.1) is 5.21 Å². The SMILES string of the molecule is CC1(C)OB(c2ccc(N3CCN(CCCn4c5c(n[n+]4[O-])C(=O)c4ccccc4C5=O)CC3)nc2)OC1(C)C. The number of fused-ring (bicyclic) bond motifs is 2. The fourth-order valence-electron chi connectivity index (χ4n) is 5.45. The van der Waals surface area contributed by atoms with Gasteiger partial charge in [0.15, 0.2) is 5.69 Å². The third-order valence-corrected chi connectivity index (χ3v) is 8.56. The summed E-state index contributed by atoms with van der Waals surface area (Å²) in [5.74, 6) is 0.195. The minimum absolute atomic E-state index is 0.0655. The molecule has 2 aliphatic heterocycles. The van der Waals surface area contributed by atoms with Crippen LogP contribution in [-0.2, 0) is 15.9 Å². The Morgan fingerprint density at radius 3 is 2.20 bits per heavy atom. The molecule has 40 heavy (non-hydrogen) atoms. The number of rotatable bonds is 6. The Hall–Kier alpha value is -3.61. The van der Waals surface area contributed by atoms with Crippen molar-refractivity contribution in [2.45, 2.75) is 51.9 Å². The highest BCUT2D eigenvalue weighted by Gasteiger charge is 2.51. The number of anilines is 1. The lowest BCUT2D eigenvalue weighted by Crippen LogP contribution is -2.47. The van der Waals surface area contributed by atoms with Crippen molar-refractivity contribution in [3.05, 3.63) is 70.3 Å². The van der Waals surface area contributed by atoms with Gasteiger partial charge in [-0.1, -0.05) is 30.3 Å². The van der Waals surface area contributed by atoms with Crippen LogP contribution in [0.1, 0.15) is 66.2 Å². The Morgan fingerprint density at radius 1 is 0.925 bits per heavy atom. The maximum absolute atomic E-state index is 13.1. The summed E-state index contributed by atoms with van der Waals surface area (Å²) in [5, 5.41) is 16.4. The first-order chi connectivity index (χ1) is 19.1. The minimum Gasteiger partial charge on any atom is -0.571 e. The van der Waals surface area contributed by atoms with Gasteiger partial charge in [0.25, 0.3) is 0 Å². The largest absolute Gasteiger partial charge is 0.571 e. The summed E-state index contributed by atoms with van der Waals surface area (Å²) in [6.45, 7) is 12.6. The average molecular weight is 544 g/mol. The molecule has 0 bridgehead atoms. The summed E-state index contributed by atoms with van der Waals surface area (Å²) < 4.78 is 13.6. The number of carbonyl (C=O) groups excluding carboxylic acids is 2. The number of piperazine rings is 1. The predicted octanol–water partition coefficient (Wildman–Crippen LogP) is 1.20. The molecule has 2 aromatic heterocycles. The fraction of sp³-hybridized carbons (Fsp3) is 0.464. The Balaban J connectivity index is 1.03. The highest BCUT2D eigenvalue weighted by molar-refractivity contribution is 6.62. The number of hydrogen-bond donors (Lipinski definition) is 0. The van der Waals surface area contributed by atoms with Crippen LogP contribution < -0.4 is 15.3 Å². The molecule has 2 fully saturated rings. The zero-order chi connectivity index (χ0) is 28.2. The molecule has 0 atom stereocenters. The second-order valence-corrected chi connectivity index (χ2v) is 11.6. The summed E-state index contributed by atoms with van der Waals surface area (Å²) >= 11 is 0. The van der Waals surface area contributed by atoms with Crippen LogP contribution in [0.5, 0.6) is 0 Å². The predicted molar refractivity (Wildman–Crippen MR) is 148 cm³/mol. The van der Waals surface area contributed by atoms with Crippen molar-refractivity contribution in [1.82, 2.24) is 19.7 Å². The summed E-state index contributed by atoms with van der Waals surface area (Å²) in [7, 11) is -0.430. The molecule has 3 aliphatic rings. The van der Waals surface area contributed by atoms with Crippen molar-refractivity contribution in [3.8, 4) is 0 Å². The van der Waals surface area contributed by atoms with Gasteiger partial charge >= 0.3 is 7.12 Å². The van der Waals surface area contributed by atoms with Gasteiger partial charge < -0.3 is 19.4 Å². The number of hydrogen-bond acceptors (Lipinski definition) is 9. The molecule has 0 spiro atoms. The van der Waals surface area contributed by atoms with Crippen LogP contribution in [0.2, 0.25) is 0 Å². The van der Waals surface area contributed by atoms with Crippen molar-refractivity contribution in [2.75, 3.05) is 37.6 Å². The molecule has 3 aromatic rings. The number of carbonyl (C=O) groups is 2. The molecule has 6 rings (SSSR count). The van der Waals surface area contributed by atoms with E-state index in [2.05, 4.69) is 19.9 Å². The van der Waals surface area contributed by atoms with Gasteiger partial charge in [-0.25, -0.2) is 4.98 Å². The van der Waals surface area contributed by atoms with Gasteiger partial charge in [-0.05, 0) is 40.2 Å². The van der Waals surface area contributed by atoms with Crippen LogP contribution in [0.15, 0.2) is 42.6 Å². The van der Waals surface area contributed by atoms with Crippen molar-refractivity contribution in [2.24, 2.45) is 0 Å². The number of benzene rings is 1. The summed E-state index contributed by atoms with van der Waals surface area (Å²) in [6, 6.07) is 10.7. The third kappa shape index (κ3) is 4.49. The highest BCUT2D eigenvalue weighted by atomic mass is 16.7. The van der Waals surface area contributed by atoms with Crippen molar-refractivity contribution < 1.29 is 23.9 Å². The number of pyridine rings is 1. The van der Waals surface area contributed by atoms with Gasteiger partial charge in [0.05, 0.1) is 17.7 Å². The molecule has 1 aromatic carbocycles. The van der Waals surface area contributed by atoms with E-state index in [-0.39, 0.29) is 23.0 Å². The lowest BCUT2D eigenvalue weighted by atomic mass is 9.80. The van der Waals surface area contributed by atoms with Crippen LogP contribution in [-0.4, -0.2) is 82.3 Å². The van der Waals surface area contributed by atoms with Crippen molar-refractivity contribution in [1.29, 1.82) is 0 Å². The molecule has 0 saturated carbocycles. The van der Waals surface area contributed by atoms with E-state index in [1.165, 1.54) is 4.68 Å². The normalized spacial score (nSPS) is 20.1. The van der Waals surface area contributed by atoms with Gasteiger partial charge in [-0.3, -0.25) is 14.5 Å². The average Bonchev–Trinajstić information content (AvgIpc) is 3.39. The van der Waals surface area contributed by atoms with Gasteiger partial charge in [0, 0.05) is 65.6 Å². The second-order valence-electron chi connectivity index (χ2n) is 11.6. The Bertz CT molecular complexity index is 1450. The molecule has 1 aliphatic carbocycles. The Morgan fingerprint density at radius 2 is 1.57 bits per heavy atom. The van der Waals surface area contributed by atoms with E-state index < -0.39 is 18.3 Å². The molecule has 208 valence electrons. The maximum Gasteiger partial charge on any atom is 0.496 e. The van der Waals surface area contributed by atoms with Gasteiger partial charge in [-0.15, -0.1) is 4.68 Å². The van der Waals surface area contributed by atoms with Crippen molar-refractivity contribution >= 4 is 30.0 Å². The molecular weight excluding hydrogens is 511 g/mol. The van der Waals surface area contributed by atoms with E-state index in [4.69, 9.17) is 9.31 Å². The highest BCUT2D eigenvalue weighted by Crippen LogP contribution is 2.36. The molecular formula is C28H33BN6O5. The van der Waals surface area contributed by atoms with Crippen molar-refractivity contribution in [3.63, 3.8) is 0 Å². The first-order valence-corrected chi connectivity index (χ1v) is 13.7. The lowest BCUT2D eigenvalue weighted by molar-refractivity contribution is -0.749. The molecule has 11 nitrogen and oxygen atoms in total. The molecule has 2 saturated heterocycles. The van der Waals surface area contributed by atoms with E-state index in [1.807, 2.05) is 46.0 Å². The molecule has 0 amide bonds. The molecule has 0 unspecified atom stereocenters. The van der Waals surface area contributed by atoms with Gasteiger partial charge in [0.1, 0.15) is 5.82 Å². The van der Waals surface area contributed by atoms with E-state index in [0.717, 1.165) is 44.0 Å². The fourth-order valence-corrected chi connectivity index (χ4v) is 5.45. The monoisotopic (exact) mass is 544 g/mol. The molecule has 4 heterocycles. The van der Waals surface area contributed by atoms with Crippen LogP contribution in [0.3, 0.4) is 0 Å². The summed E-state index contributed by atoms with van der Waals surface area (Å²) in [5.41, 5.74) is 0.743. The van der Waals surface area contributed by atoms with Gasteiger partial charge in [0.2, 0.25) is 17.3 Å². The van der Waals surface area contributed by atoms with E-state index in [1.54, 1.807) is 24.3 Å². The number of ketones is 2. The third-order valence-electron chi connectivity index (χ3n) is 8.56.